The fourth-order valence-corrected chi connectivity index (χ4v) is 4.38. The minimum Gasteiger partial charge on any atom is -0.481 e. The summed E-state index contributed by atoms with van der Waals surface area (Å²) >= 11 is 6.15. The number of fused-ring (bicyclic) bond motifs is 1. The molecule has 5 aromatic rings. The Bertz CT molecular complexity index is 1650. The first-order valence-electron chi connectivity index (χ1n) is 11.0. The van der Waals surface area contributed by atoms with Crippen molar-refractivity contribution >= 4 is 22.5 Å². The molecule has 9 heteroatoms. The topological polar surface area (TPSA) is 83.9 Å². The van der Waals surface area contributed by atoms with Crippen molar-refractivity contribution in [1.82, 2.24) is 23.9 Å². The van der Waals surface area contributed by atoms with E-state index in [4.69, 9.17) is 16.3 Å². The molecule has 0 spiro atoms. The van der Waals surface area contributed by atoms with Crippen molar-refractivity contribution < 1.29 is 4.74 Å². The van der Waals surface area contributed by atoms with E-state index in [1.54, 1.807) is 40.4 Å². The third kappa shape index (κ3) is 4.24. The third-order valence-corrected chi connectivity index (χ3v) is 6.09. The van der Waals surface area contributed by atoms with E-state index in [0.717, 1.165) is 5.56 Å². The molecular formula is C26H22ClN5O3. The van der Waals surface area contributed by atoms with Gasteiger partial charge in [-0.15, -0.1) is 0 Å². The molecule has 0 aliphatic carbocycles. The normalized spacial score (nSPS) is 11.2. The highest BCUT2D eigenvalue weighted by Gasteiger charge is 2.21. The van der Waals surface area contributed by atoms with Gasteiger partial charge in [0.1, 0.15) is 5.15 Å². The number of methoxy groups -OCH3 is 1. The fourth-order valence-electron chi connectivity index (χ4n) is 4.22. The lowest BCUT2D eigenvalue weighted by Gasteiger charge is -2.13. The summed E-state index contributed by atoms with van der Waals surface area (Å²) in [7, 11) is 1.54. The predicted molar refractivity (Wildman–Crippen MR) is 135 cm³/mol. The number of rotatable bonds is 6. The standard InChI is InChI=1S/C26H22ClN5O3/c1-17-25-20(14-24(33)30(17)16-19-10-6-13-23(28-19)35-2)31(15-18-8-4-3-5-9-18)32(26(25)34)22-12-7-11-21(27)29-22/h3-14H,15-16H2,1-2H3. The van der Waals surface area contributed by atoms with E-state index in [9.17, 15) is 9.59 Å². The fraction of sp³-hybridized carbons (Fsp3) is 0.154. The van der Waals surface area contributed by atoms with Gasteiger partial charge in [-0.1, -0.05) is 54.1 Å². The minimum atomic E-state index is -0.282. The zero-order chi connectivity index (χ0) is 24.5. The number of nitrogens with zero attached hydrogens (tertiary/aromatic N) is 5. The Labute approximate surface area is 205 Å². The highest BCUT2D eigenvalue weighted by Crippen LogP contribution is 2.20. The van der Waals surface area contributed by atoms with Crippen LogP contribution in [0.2, 0.25) is 5.15 Å². The molecule has 4 heterocycles. The maximum atomic E-state index is 13.8. The van der Waals surface area contributed by atoms with Gasteiger partial charge in [-0.25, -0.2) is 9.97 Å². The summed E-state index contributed by atoms with van der Waals surface area (Å²) in [5, 5.41) is 0.705. The number of ether oxygens (including phenoxy) is 1. The molecule has 8 nitrogen and oxygen atoms in total. The van der Waals surface area contributed by atoms with E-state index in [0.29, 0.717) is 40.5 Å². The second-order valence-corrected chi connectivity index (χ2v) is 8.45. The molecule has 0 atom stereocenters. The lowest BCUT2D eigenvalue weighted by molar-refractivity contribution is 0.395. The molecule has 1 aromatic carbocycles. The van der Waals surface area contributed by atoms with E-state index in [-0.39, 0.29) is 22.8 Å². The van der Waals surface area contributed by atoms with E-state index < -0.39 is 0 Å². The van der Waals surface area contributed by atoms with Gasteiger partial charge in [0.2, 0.25) is 5.88 Å². The molecule has 0 radical (unpaired) electrons. The van der Waals surface area contributed by atoms with Gasteiger partial charge < -0.3 is 9.30 Å². The number of hydrogen-bond acceptors (Lipinski definition) is 5. The maximum Gasteiger partial charge on any atom is 0.282 e. The van der Waals surface area contributed by atoms with Crippen molar-refractivity contribution in [1.29, 1.82) is 0 Å². The molecule has 0 saturated carbocycles. The molecule has 0 saturated heterocycles. The summed E-state index contributed by atoms with van der Waals surface area (Å²) in [5.41, 5.74) is 2.17. The Hall–Kier alpha value is -4.17. The zero-order valence-corrected chi connectivity index (χ0v) is 19.9. The largest absolute Gasteiger partial charge is 0.481 e. The third-order valence-electron chi connectivity index (χ3n) is 5.88. The Morgan fingerprint density at radius 2 is 1.69 bits per heavy atom. The van der Waals surface area contributed by atoms with Gasteiger partial charge in [-0.05, 0) is 30.7 Å². The molecule has 0 N–H and O–H groups in total. The molecule has 5 rings (SSSR count). The summed E-state index contributed by atoms with van der Waals surface area (Å²) in [5.74, 6) is 0.833. The molecule has 0 aliphatic heterocycles. The van der Waals surface area contributed by atoms with Gasteiger partial charge >= 0.3 is 0 Å². The van der Waals surface area contributed by atoms with Crippen LogP contribution >= 0.6 is 11.6 Å². The first kappa shape index (κ1) is 22.6. The number of pyridine rings is 3. The first-order valence-corrected chi connectivity index (χ1v) is 11.4. The van der Waals surface area contributed by atoms with E-state index >= 15 is 0 Å². The zero-order valence-electron chi connectivity index (χ0n) is 19.2. The molecule has 0 bridgehead atoms. The van der Waals surface area contributed by atoms with Crippen LogP contribution in [0.15, 0.2) is 82.4 Å². The second-order valence-electron chi connectivity index (χ2n) is 8.06. The first-order chi connectivity index (χ1) is 17.0. The molecule has 35 heavy (non-hydrogen) atoms. The average Bonchev–Trinajstić information content (AvgIpc) is 3.13. The summed E-state index contributed by atoms with van der Waals surface area (Å²) in [6, 6.07) is 21.7. The molecule has 4 aromatic heterocycles. The van der Waals surface area contributed by atoms with Crippen molar-refractivity contribution in [2.24, 2.45) is 0 Å². The predicted octanol–water partition coefficient (Wildman–Crippen LogP) is 3.81. The molecular weight excluding hydrogens is 466 g/mol. The second kappa shape index (κ2) is 9.23. The number of halogens is 1. The molecule has 0 fully saturated rings. The minimum absolute atomic E-state index is 0.205. The van der Waals surface area contributed by atoms with Gasteiger partial charge in [-0.2, -0.15) is 4.68 Å². The van der Waals surface area contributed by atoms with Crippen molar-refractivity contribution in [2.45, 2.75) is 20.0 Å². The molecule has 0 amide bonds. The van der Waals surface area contributed by atoms with Crippen LogP contribution in [0.5, 0.6) is 5.88 Å². The number of aryl methyl sites for hydroxylation is 1. The Kier molecular flexibility index (Phi) is 5.96. The Balaban J connectivity index is 1.75. The Morgan fingerprint density at radius 1 is 0.914 bits per heavy atom. The Morgan fingerprint density at radius 3 is 2.43 bits per heavy atom. The van der Waals surface area contributed by atoms with Crippen LogP contribution in [-0.2, 0) is 13.1 Å². The number of benzene rings is 1. The van der Waals surface area contributed by atoms with E-state index in [1.807, 2.05) is 42.5 Å². The lowest BCUT2D eigenvalue weighted by Crippen LogP contribution is -2.24. The van der Waals surface area contributed by atoms with Gasteiger partial charge in [0.05, 0.1) is 36.8 Å². The van der Waals surface area contributed by atoms with Crippen molar-refractivity contribution in [3.8, 4) is 11.7 Å². The van der Waals surface area contributed by atoms with Crippen LogP contribution in [0.4, 0.5) is 0 Å². The lowest BCUT2D eigenvalue weighted by atomic mass is 10.2. The van der Waals surface area contributed by atoms with Crippen LogP contribution < -0.4 is 15.9 Å². The van der Waals surface area contributed by atoms with Gasteiger partial charge in [0, 0.05) is 17.8 Å². The van der Waals surface area contributed by atoms with Crippen LogP contribution in [0.25, 0.3) is 16.7 Å². The summed E-state index contributed by atoms with van der Waals surface area (Å²) in [6.07, 6.45) is 0. The molecule has 0 aliphatic rings. The molecule has 0 unspecified atom stereocenters. The van der Waals surface area contributed by atoms with Crippen LogP contribution in [-0.4, -0.2) is 31.0 Å². The quantitative estimate of drug-likeness (QED) is 0.340. The summed E-state index contributed by atoms with van der Waals surface area (Å²) in [4.78, 5) is 35.8. The summed E-state index contributed by atoms with van der Waals surface area (Å²) < 4.78 is 10.0. The van der Waals surface area contributed by atoms with E-state index in [2.05, 4.69) is 9.97 Å². The van der Waals surface area contributed by atoms with Crippen molar-refractivity contribution in [3.63, 3.8) is 0 Å². The number of aromatic nitrogens is 5. The SMILES string of the molecule is COc1cccc(Cn2c(C)c3c(=O)n(-c4cccc(Cl)n4)n(Cc4ccccc4)c3cc2=O)n1. The van der Waals surface area contributed by atoms with Gasteiger partial charge in [0.15, 0.2) is 5.82 Å². The van der Waals surface area contributed by atoms with Crippen molar-refractivity contribution in [3.05, 3.63) is 116 Å². The highest BCUT2D eigenvalue weighted by atomic mass is 35.5. The average molecular weight is 488 g/mol. The molecule has 176 valence electrons. The maximum absolute atomic E-state index is 13.8. The smallest absolute Gasteiger partial charge is 0.282 e. The van der Waals surface area contributed by atoms with Crippen LogP contribution in [0.3, 0.4) is 0 Å². The van der Waals surface area contributed by atoms with Crippen LogP contribution in [0, 0.1) is 6.92 Å². The van der Waals surface area contributed by atoms with Crippen LogP contribution in [0.1, 0.15) is 17.0 Å². The van der Waals surface area contributed by atoms with E-state index in [1.165, 1.54) is 17.9 Å². The van der Waals surface area contributed by atoms with Crippen molar-refractivity contribution in [2.75, 3.05) is 7.11 Å². The van der Waals surface area contributed by atoms with Gasteiger partial charge in [-0.3, -0.25) is 14.3 Å². The van der Waals surface area contributed by atoms with Gasteiger partial charge in [0.25, 0.3) is 11.1 Å². The summed E-state index contributed by atoms with van der Waals surface area (Å²) in [6.45, 7) is 2.35. The number of hydrogen-bond donors (Lipinski definition) is 0. The monoisotopic (exact) mass is 487 g/mol. The highest BCUT2D eigenvalue weighted by molar-refractivity contribution is 6.29.